The van der Waals surface area contributed by atoms with Crippen LogP contribution >= 0.6 is 0 Å². The second-order valence-electron chi connectivity index (χ2n) is 2.21. The van der Waals surface area contributed by atoms with Gasteiger partial charge in [-0.05, 0) is 6.07 Å². The number of pyridine rings is 1. The minimum atomic E-state index is -4.94. The van der Waals surface area contributed by atoms with E-state index < -0.39 is 12.4 Å². The first kappa shape index (κ1) is 13.4. The number of hydrogen-bond acceptors (Lipinski definition) is 2. The van der Waals surface area contributed by atoms with E-state index in [4.69, 9.17) is 0 Å². The fourth-order valence-corrected chi connectivity index (χ4v) is 0.706. The Hall–Kier alpha value is 0.441. The summed E-state index contributed by atoms with van der Waals surface area (Å²) in [5.41, 5.74) is -0.712. The van der Waals surface area contributed by atoms with Crippen LogP contribution in [0.15, 0.2) is 18.3 Å². The van der Waals surface area contributed by atoms with Gasteiger partial charge in [0.25, 0.3) is 0 Å². The van der Waals surface area contributed by atoms with Gasteiger partial charge in [0.2, 0.25) is 5.88 Å². The molecule has 2 nitrogen and oxygen atoms in total. The van der Waals surface area contributed by atoms with Crippen LogP contribution < -0.4 is 61.6 Å². The van der Waals surface area contributed by atoms with Crippen LogP contribution in [0.4, 0.5) is 12.9 Å². The fraction of sp³-hybridized carbons (Fsp3) is 0.167. The van der Waals surface area contributed by atoms with Gasteiger partial charge in [0, 0.05) is 6.20 Å². The molecule has 0 N–H and O–H groups in total. The zero-order chi connectivity index (χ0) is 9.19. The maximum absolute atomic E-state index is 12.0. The van der Waals surface area contributed by atoms with Crippen molar-refractivity contribution in [2.75, 3.05) is 7.11 Å². The molecular formula is C6H6BF3KNO. The first-order valence-corrected chi connectivity index (χ1v) is 3.24. The summed E-state index contributed by atoms with van der Waals surface area (Å²) in [5.74, 6) is 0.179. The molecule has 0 aliphatic rings. The van der Waals surface area contributed by atoms with Crippen molar-refractivity contribution < 1.29 is 69.1 Å². The molecule has 0 aromatic carbocycles. The molecule has 1 heterocycles. The van der Waals surface area contributed by atoms with E-state index >= 15 is 0 Å². The molecule has 0 radical (unpaired) electrons. The number of aromatic nitrogens is 1. The average Bonchev–Trinajstić information content (AvgIpc) is 2.03. The average molecular weight is 215 g/mol. The van der Waals surface area contributed by atoms with E-state index in [0.29, 0.717) is 0 Å². The van der Waals surface area contributed by atoms with Crippen LogP contribution in [0.25, 0.3) is 0 Å². The third-order valence-electron chi connectivity index (χ3n) is 1.35. The second kappa shape index (κ2) is 5.35. The van der Waals surface area contributed by atoms with Gasteiger partial charge < -0.3 is 17.7 Å². The number of hydrogen-bond donors (Lipinski definition) is 0. The van der Waals surface area contributed by atoms with Crippen molar-refractivity contribution in [3.05, 3.63) is 18.3 Å². The molecule has 0 spiro atoms. The molecule has 0 aliphatic heterocycles. The molecule has 0 fully saturated rings. The van der Waals surface area contributed by atoms with Gasteiger partial charge in [-0.3, -0.25) is 0 Å². The minimum absolute atomic E-state index is 0. The van der Waals surface area contributed by atoms with Gasteiger partial charge in [-0.15, -0.1) is 0 Å². The van der Waals surface area contributed by atoms with Crippen LogP contribution in [-0.4, -0.2) is 19.1 Å². The Kier molecular flexibility index (Phi) is 5.54. The first-order chi connectivity index (χ1) is 5.54. The predicted octanol–water partition coefficient (Wildman–Crippen LogP) is -1.85. The van der Waals surface area contributed by atoms with E-state index in [-0.39, 0.29) is 57.3 Å². The number of methoxy groups -OCH3 is 1. The topological polar surface area (TPSA) is 22.1 Å². The van der Waals surface area contributed by atoms with Crippen LogP contribution in [0.5, 0.6) is 5.88 Å². The molecular weight excluding hydrogens is 209 g/mol. The second-order valence-corrected chi connectivity index (χ2v) is 2.21. The largest absolute Gasteiger partial charge is 1.00 e. The van der Waals surface area contributed by atoms with Gasteiger partial charge in [-0.25, -0.2) is 4.98 Å². The van der Waals surface area contributed by atoms with E-state index in [2.05, 4.69) is 9.72 Å². The van der Waals surface area contributed by atoms with Crippen molar-refractivity contribution in [3.8, 4) is 5.88 Å². The van der Waals surface area contributed by atoms with E-state index in [0.717, 1.165) is 12.3 Å². The number of ether oxygens (including phenoxy) is 1. The van der Waals surface area contributed by atoms with E-state index in [1.807, 2.05) is 0 Å². The van der Waals surface area contributed by atoms with Crippen LogP contribution in [0.3, 0.4) is 0 Å². The summed E-state index contributed by atoms with van der Waals surface area (Å²) in [6.45, 7) is -4.94. The Morgan fingerprint density at radius 1 is 1.31 bits per heavy atom. The van der Waals surface area contributed by atoms with Gasteiger partial charge in [0.05, 0.1) is 7.11 Å². The van der Waals surface area contributed by atoms with Crippen molar-refractivity contribution in [2.24, 2.45) is 0 Å². The summed E-state index contributed by atoms with van der Waals surface area (Å²) >= 11 is 0. The van der Waals surface area contributed by atoms with Gasteiger partial charge >= 0.3 is 58.4 Å². The van der Waals surface area contributed by atoms with Gasteiger partial charge in [-0.1, -0.05) is 11.5 Å². The minimum Gasteiger partial charge on any atom is -0.481 e. The summed E-state index contributed by atoms with van der Waals surface area (Å²) in [7, 11) is 1.35. The quantitative estimate of drug-likeness (QED) is 0.540. The summed E-state index contributed by atoms with van der Waals surface area (Å²) in [5, 5.41) is 0. The van der Waals surface area contributed by atoms with Gasteiger partial charge in [0.1, 0.15) is 0 Å². The summed E-state index contributed by atoms with van der Waals surface area (Å²) in [4.78, 5) is 3.44. The van der Waals surface area contributed by atoms with Crippen molar-refractivity contribution in [1.29, 1.82) is 0 Å². The molecule has 0 aliphatic carbocycles. The maximum Gasteiger partial charge on any atom is 1.00 e. The number of nitrogens with zero attached hydrogens (tertiary/aromatic N) is 1. The molecule has 1 rings (SSSR count). The van der Waals surface area contributed by atoms with Crippen LogP contribution in [0.2, 0.25) is 0 Å². The number of halogens is 3. The molecule has 0 atom stereocenters. The van der Waals surface area contributed by atoms with E-state index in [1.165, 1.54) is 13.2 Å². The zero-order valence-electron chi connectivity index (χ0n) is 7.30. The van der Waals surface area contributed by atoms with E-state index in [9.17, 15) is 12.9 Å². The Bertz CT molecular complexity index is 264. The Balaban J connectivity index is 0.00000144. The number of rotatable bonds is 2. The van der Waals surface area contributed by atoms with Crippen molar-refractivity contribution in [2.45, 2.75) is 0 Å². The molecule has 0 unspecified atom stereocenters. The summed E-state index contributed by atoms with van der Waals surface area (Å²) in [6.07, 6.45) is 0.763. The van der Waals surface area contributed by atoms with E-state index in [1.54, 1.807) is 0 Å². The third-order valence-corrected chi connectivity index (χ3v) is 1.35. The Labute approximate surface area is 116 Å². The zero-order valence-corrected chi connectivity index (χ0v) is 10.4. The molecule has 0 saturated heterocycles. The molecule has 1 aromatic rings. The maximum atomic E-state index is 12.0. The van der Waals surface area contributed by atoms with Crippen molar-refractivity contribution in [1.82, 2.24) is 4.98 Å². The molecule has 1 aromatic heterocycles. The Morgan fingerprint density at radius 3 is 2.23 bits per heavy atom. The molecule has 0 amide bonds. The smallest absolute Gasteiger partial charge is 0.481 e. The van der Waals surface area contributed by atoms with Crippen LogP contribution in [0, 0.1) is 0 Å². The van der Waals surface area contributed by atoms with Crippen LogP contribution in [0.1, 0.15) is 0 Å². The molecule has 66 valence electrons. The first-order valence-electron chi connectivity index (χ1n) is 3.24. The molecule has 7 heteroatoms. The predicted molar refractivity (Wildman–Crippen MR) is 39.5 cm³/mol. The third kappa shape index (κ3) is 3.99. The molecule has 0 bridgehead atoms. The molecule has 0 saturated carbocycles. The summed E-state index contributed by atoms with van der Waals surface area (Å²) < 4.78 is 40.6. The van der Waals surface area contributed by atoms with Gasteiger partial charge in [-0.2, -0.15) is 0 Å². The van der Waals surface area contributed by atoms with Crippen molar-refractivity contribution >= 4 is 12.4 Å². The van der Waals surface area contributed by atoms with Crippen LogP contribution in [-0.2, 0) is 0 Å². The summed E-state index contributed by atoms with van der Waals surface area (Å²) in [6, 6.07) is 2.14. The van der Waals surface area contributed by atoms with Crippen molar-refractivity contribution in [3.63, 3.8) is 0 Å². The Morgan fingerprint density at radius 2 is 1.92 bits per heavy atom. The monoisotopic (exact) mass is 215 g/mol. The standard InChI is InChI=1S/C6H6BF3NO.K/c1-12-6-3-2-5(4-11-6)7(8,9)10;/h2-4H,1H3;/q-1;+1. The normalized spacial score (nSPS) is 10.5. The fourth-order valence-electron chi connectivity index (χ4n) is 0.706. The van der Waals surface area contributed by atoms with Gasteiger partial charge in [0.15, 0.2) is 0 Å². The SMILES string of the molecule is COc1ccc([B-](F)(F)F)cn1.[K+]. The molecule has 13 heavy (non-hydrogen) atoms.